The van der Waals surface area contributed by atoms with E-state index in [0.29, 0.717) is 0 Å². The first-order chi connectivity index (χ1) is 9.60. The highest BCUT2D eigenvalue weighted by Crippen LogP contribution is 2.24. The van der Waals surface area contributed by atoms with Gasteiger partial charge in [0.2, 0.25) is 0 Å². The SMILES string of the molecule is CN(CCC(F)(F)F)C(=O)Nc1cc(C(=O)O)ccc1Cl. The van der Waals surface area contributed by atoms with Crippen LogP contribution in [-0.2, 0) is 0 Å². The lowest BCUT2D eigenvalue weighted by Gasteiger charge is -2.19. The molecule has 1 aromatic carbocycles. The fourth-order valence-corrected chi connectivity index (χ4v) is 1.53. The Morgan fingerprint density at radius 3 is 2.52 bits per heavy atom. The van der Waals surface area contributed by atoms with Crippen LogP contribution in [0.1, 0.15) is 16.8 Å². The van der Waals surface area contributed by atoms with Crippen molar-refractivity contribution in [1.82, 2.24) is 4.90 Å². The molecule has 21 heavy (non-hydrogen) atoms. The number of carbonyl (C=O) groups excluding carboxylic acids is 1. The highest BCUT2D eigenvalue weighted by Gasteiger charge is 2.28. The molecule has 2 N–H and O–H groups in total. The van der Waals surface area contributed by atoms with Crippen LogP contribution in [0.5, 0.6) is 0 Å². The smallest absolute Gasteiger partial charge is 0.390 e. The number of nitrogens with one attached hydrogen (secondary N) is 1. The first-order valence-electron chi connectivity index (χ1n) is 5.72. The van der Waals surface area contributed by atoms with Gasteiger partial charge in [-0.15, -0.1) is 0 Å². The van der Waals surface area contributed by atoms with Gasteiger partial charge in [0.15, 0.2) is 0 Å². The number of urea groups is 1. The zero-order valence-corrected chi connectivity index (χ0v) is 11.6. The molecule has 2 amide bonds. The van der Waals surface area contributed by atoms with Gasteiger partial charge in [-0.05, 0) is 18.2 Å². The summed E-state index contributed by atoms with van der Waals surface area (Å²) in [6, 6.07) is 2.83. The van der Waals surface area contributed by atoms with Crippen molar-refractivity contribution in [3.63, 3.8) is 0 Å². The van der Waals surface area contributed by atoms with Gasteiger partial charge in [0.05, 0.1) is 22.7 Å². The van der Waals surface area contributed by atoms with Crippen LogP contribution in [0.4, 0.5) is 23.7 Å². The summed E-state index contributed by atoms with van der Waals surface area (Å²) in [6.07, 6.45) is -5.50. The molecule has 0 aliphatic heterocycles. The van der Waals surface area contributed by atoms with E-state index in [9.17, 15) is 22.8 Å². The van der Waals surface area contributed by atoms with Crippen molar-refractivity contribution in [2.45, 2.75) is 12.6 Å². The summed E-state index contributed by atoms with van der Waals surface area (Å²) < 4.78 is 36.2. The lowest BCUT2D eigenvalue weighted by atomic mass is 10.2. The number of carboxylic acids is 1. The average Bonchev–Trinajstić information content (AvgIpc) is 2.37. The predicted molar refractivity (Wildman–Crippen MR) is 70.7 cm³/mol. The maximum Gasteiger partial charge on any atom is 0.390 e. The number of carbonyl (C=O) groups is 2. The molecule has 0 heterocycles. The molecule has 116 valence electrons. The molecule has 0 bridgehead atoms. The van der Waals surface area contributed by atoms with Crippen LogP contribution < -0.4 is 5.32 Å². The van der Waals surface area contributed by atoms with Crippen molar-refractivity contribution in [3.05, 3.63) is 28.8 Å². The van der Waals surface area contributed by atoms with Gasteiger partial charge in [-0.25, -0.2) is 9.59 Å². The van der Waals surface area contributed by atoms with Gasteiger partial charge in [-0.3, -0.25) is 0 Å². The molecule has 0 atom stereocenters. The Labute approximate surface area is 123 Å². The Morgan fingerprint density at radius 1 is 1.38 bits per heavy atom. The molecule has 0 aliphatic carbocycles. The fraction of sp³-hybridized carbons (Fsp3) is 0.333. The second-order valence-corrected chi connectivity index (χ2v) is 4.62. The Morgan fingerprint density at radius 2 is 2.00 bits per heavy atom. The molecule has 0 saturated carbocycles. The summed E-state index contributed by atoms with van der Waals surface area (Å²) in [5.74, 6) is -1.22. The lowest BCUT2D eigenvalue weighted by Crippen LogP contribution is -2.34. The largest absolute Gasteiger partial charge is 0.478 e. The number of hydrogen-bond acceptors (Lipinski definition) is 2. The zero-order valence-electron chi connectivity index (χ0n) is 10.9. The molecule has 9 heteroatoms. The van der Waals surface area contributed by atoms with Gasteiger partial charge in [0.25, 0.3) is 0 Å². The molecule has 0 spiro atoms. The van der Waals surface area contributed by atoms with Crippen molar-refractivity contribution in [2.24, 2.45) is 0 Å². The number of benzene rings is 1. The third-order valence-corrected chi connectivity index (χ3v) is 2.86. The van der Waals surface area contributed by atoms with Gasteiger partial charge in [-0.1, -0.05) is 11.6 Å². The Hall–Kier alpha value is -1.96. The van der Waals surface area contributed by atoms with E-state index in [2.05, 4.69) is 5.32 Å². The third-order valence-electron chi connectivity index (χ3n) is 2.53. The summed E-state index contributed by atoms with van der Waals surface area (Å²) in [5, 5.41) is 11.2. The number of anilines is 1. The van der Waals surface area contributed by atoms with Crippen LogP contribution in [0.15, 0.2) is 18.2 Å². The van der Waals surface area contributed by atoms with E-state index < -0.39 is 31.1 Å². The van der Waals surface area contributed by atoms with Crippen molar-refractivity contribution < 1.29 is 27.9 Å². The van der Waals surface area contributed by atoms with E-state index in [1.54, 1.807) is 0 Å². The third kappa shape index (κ3) is 5.50. The minimum atomic E-state index is -4.37. The van der Waals surface area contributed by atoms with Crippen LogP contribution in [0.25, 0.3) is 0 Å². The second kappa shape index (κ2) is 6.66. The Kier molecular flexibility index (Phi) is 5.42. The molecule has 5 nitrogen and oxygen atoms in total. The number of alkyl halides is 3. The van der Waals surface area contributed by atoms with E-state index >= 15 is 0 Å². The van der Waals surface area contributed by atoms with E-state index in [1.165, 1.54) is 19.2 Å². The Bertz CT molecular complexity index is 549. The highest BCUT2D eigenvalue weighted by atomic mass is 35.5. The second-order valence-electron chi connectivity index (χ2n) is 4.22. The molecule has 0 radical (unpaired) electrons. The van der Waals surface area contributed by atoms with E-state index in [4.69, 9.17) is 16.7 Å². The molecular weight excluding hydrogens is 313 g/mol. The molecule has 0 saturated heterocycles. The predicted octanol–water partition coefficient (Wildman–Crippen LogP) is 3.45. The quantitative estimate of drug-likeness (QED) is 0.891. The first-order valence-corrected chi connectivity index (χ1v) is 6.09. The van der Waals surface area contributed by atoms with Crippen LogP contribution in [0.2, 0.25) is 5.02 Å². The molecule has 0 aliphatic rings. The van der Waals surface area contributed by atoms with Gasteiger partial charge >= 0.3 is 18.2 Å². The minimum absolute atomic E-state index is 0.0143. The van der Waals surface area contributed by atoms with Gasteiger partial charge in [0, 0.05) is 13.6 Å². The average molecular weight is 325 g/mol. The topological polar surface area (TPSA) is 69.6 Å². The van der Waals surface area contributed by atoms with Gasteiger partial charge < -0.3 is 15.3 Å². The molecule has 1 rings (SSSR count). The fourth-order valence-electron chi connectivity index (χ4n) is 1.36. The maximum atomic E-state index is 12.1. The number of rotatable bonds is 4. The molecule has 0 fully saturated rings. The van der Waals surface area contributed by atoms with Crippen molar-refractivity contribution in [2.75, 3.05) is 18.9 Å². The van der Waals surface area contributed by atoms with Gasteiger partial charge in [0.1, 0.15) is 0 Å². The number of halogens is 4. The van der Waals surface area contributed by atoms with Gasteiger partial charge in [-0.2, -0.15) is 13.2 Å². The zero-order chi connectivity index (χ0) is 16.2. The number of amides is 2. The van der Waals surface area contributed by atoms with E-state index in [1.807, 2.05) is 0 Å². The van der Waals surface area contributed by atoms with Crippen LogP contribution in [0, 0.1) is 0 Å². The number of aromatic carboxylic acids is 1. The maximum absolute atomic E-state index is 12.1. The lowest BCUT2D eigenvalue weighted by molar-refractivity contribution is -0.135. The summed E-state index contributed by atoms with van der Waals surface area (Å²) >= 11 is 5.79. The monoisotopic (exact) mass is 324 g/mol. The highest BCUT2D eigenvalue weighted by molar-refractivity contribution is 6.33. The van der Waals surface area contributed by atoms with E-state index in [-0.39, 0.29) is 16.3 Å². The van der Waals surface area contributed by atoms with E-state index in [0.717, 1.165) is 11.0 Å². The van der Waals surface area contributed by atoms with Crippen LogP contribution in [-0.4, -0.2) is 41.8 Å². The summed E-state index contributed by atoms with van der Waals surface area (Å²) in [5.41, 5.74) is -0.0898. The summed E-state index contributed by atoms with van der Waals surface area (Å²) in [4.78, 5) is 23.3. The number of carboxylic acid groups (broad SMARTS) is 1. The Balaban J connectivity index is 2.74. The molecule has 0 unspecified atom stereocenters. The summed E-state index contributed by atoms with van der Waals surface area (Å²) in [6.45, 7) is -0.522. The van der Waals surface area contributed by atoms with Crippen molar-refractivity contribution in [3.8, 4) is 0 Å². The summed E-state index contributed by atoms with van der Waals surface area (Å²) in [7, 11) is 1.19. The van der Waals surface area contributed by atoms with Crippen LogP contribution in [0.3, 0.4) is 0 Å². The molecule has 0 aromatic heterocycles. The normalized spacial score (nSPS) is 11.1. The molecular formula is C12H12ClF3N2O3. The van der Waals surface area contributed by atoms with Crippen molar-refractivity contribution in [1.29, 1.82) is 0 Å². The van der Waals surface area contributed by atoms with Crippen molar-refractivity contribution >= 4 is 29.3 Å². The first kappa shape index (κ1) is 17.1. The number of nitrogens with zero attached hydrogens (tertiary/aromatic N) is 1. The minimum Gasteiger partial charge on any atom is -0.478 e. The molecule has 1 aromatic rings. The van der Waals surface area contributed by atoms with Crippen LogP contribution >= 0.6 is 11.6 Å². The number of hydrogen-bond donors (Lipinski definition) is 2. The standard InChI is InChI=1S/C12H12ClF3N2O3/c1-18(5-4-12(14,15)16)11(21)17-9-6-7(10(19)20)2-3-8(9)13/h2-3,6H,4-5H2,1H3,(H,17,21)(H,19,20).